The number of hydrogen-bond donors (Lipinski definition) is 2. The fourth-order valence-corrected chi connectivity index (χ4v) is 3.30. The third-order valence-corrected chi connectivity index (χ3v) is 4.80. The topological polar surface area (TPSA) is 90.8 Å². The molecule has 2 N–H and O–H groups in total. The van der Waals surface area contributed by atoms with Crippen LogP contribution in [0.25, 0.3) is 10.9 Å². The second-order valence-corrected chi connectivity index (χ2v) is 7.61. The van der Waals surface area contributed by atoms with Crippen molar-refractivity contribution < 1.29 is 23.8 Å². The first kappa shape index (κ1) is 23.1. The van der Waals surface area contributed by atoms with Crippen LogP contribution < -0.4 is 20.1 Å². The van der Waals surface area contributed by atoms with Gasteiger partial charge in [-0.05, 0) is 56.3 Å². The van der Waals surface area contributed by atoms with E-state index in [4.69, 9.17) is 14.2 Å². The Morgan fingerprint density at radius 2 is 1.84 bits per heavy atom. The maximum Gasteiger partial charge on any atom is 0.258 e. The van der Waals surface area contributed by atoms with E-state index >= 15 is 0 Å². The Morgan fingerprint density at radius 3 is 2.56 bits per heavy atom. The van der Waals surface area contributed by atoms with Crippen LogP contribution in [-0.4, -0.2) is 49.9 Å². The van der Waals surface area contributed by atoms with Gasteiger partial charge in [-0.25, -0.2) is 0 Å². The fourth-order valence-electron chi connectivity index (χ4n) is 3.30. The number of nitrogens with one attached hydrogen (secondary N) is 2. The first-order valence-corrected chi connectivity index (χ1v) is 10.4. The Kier molecular flexibility index (Phi) is 7.72. The van der Waals surface area contributed by atoms with Crippen LogP contribution in [0.3, 0.4) is 0 Å². The third-order valence-electron chi connectivity index (χ3n) is 4.80. The van der Waals surface area contributed by atoms with Crippen molar-refractivity contribution in [1.29, 1.82) is 0 Å². The van der Waals surface area contributed by atoms with Gasteiger partial charge in [0.25, 0.3) is 11.8 Å². The molecule has 1 heterocycles. The Hall–Kier alpha value is -3.52. The summed E-state index contributed by atoms with van der Waals surface area (Å²) in [5.41, 5.74) is 2.18. The summed E-state index contributed by atoms with van der Waals surface area (Å²) in [5, 5.41) is 6.69. The van der Waals surface area contributed by atoms with E-state index < -0.39 is 0 Å². The summed E-state index contributed by atoms with van der Waals surface area (Å²) in [5.74, 6) is 0.267. The summed E-state index contributed by atoms with van der Waals surface area (Å²) in [6.45, 7) is 5.01. The van der Waals surface area contributed by atoms with Crippen molar-refractivity contribution in [2.45, 2.75) is 26.4 Å². The minimum Gasteiger partial charge on any atom is -0.493 e. The third kappa shape index (κ3) is 5.79. The molecule has 2 aromatic carbocycles. The SMILES string of the molecule is COCCn1ccc2cc(NC(=O)c3ccc(OCC(=O)NC(C)C)c(OC)c3)ccc21. The van der Waals surface area contributed by atoms with Crippen LogP contribution in [0.4, 0.5) is 5.69 Å². The van der Waals surface area contributed by atoms with Crippen LogP contribution in [0.5, 0.6) is 11.5 Å². The molecule has 3 rings (SSSR count). The van der Waals surface area contributed by atoms with Crippen LogP contribution in [0.2, 0.25) is 0 Å². The lowest BCUT2D eigenvalue weighted by Crippen LogP contribution is -2.34. The Labute approximate surface area is 187 Å². The number of benzene rings is 2. The molecule has 170 valence electrons. The van der Waals surface area contributed by atoms with Gasteiger partial charge in [-0.2, -0.15) is 0 Å². The largest absolute Gasteiger partial charge is 0.493 e. The van der Waals surface area contributed by atoms with Crippen molar-refractivity contribution in [3.8, 4) is 11.5 Å². The van der Waals surface area contributed by atoms with Gasteiger partial charge in [-0.15, -0.1) is 0 Å². The molecule has 0 aliphatic carbocycles. The molecule has 0 saturated carbocycles. The van der Waals surface area contributed by atoms with Crippen molar-refractivity contribution in [3.05, 3.63) is 54.2 Å². The first-order valence-electron chi connectivity index (χ1n) is 10.4. The molecule has 0 radical (unpaired) electrons. The minimum atomic E-state index is -0.273. The van der Waals surface area contributed by atoms with Crippen LogP contribution in [-0.2, 0) is 16.1 Å². The number of ether oxygens (including phenoxy) is 3. The molecular weight excluding hydrogens is 410 g/mol. The van der Waals surface area contributed by atoms with Gasteiger partial charge in [0.1, 0.15) is 0 Å². The molecule has 8 nitrogen and oxygen atoms in total. The van der Waals surface area contributed by atoms with Gasteiger partial charge in [0.2, 0.25) is 0 Å². The fraction of sp³-hybridized carbons (Fsp3) is 0.333. The number of hydrogen-bond acceptors (Lipinski definition) is 5. The highest BCUT2D eigenvalue weighted by Crippen LogP contribution is 2.29. The van der Waals surface area contributed by atoms with Gasteiger partial charge in [0.05, 0.1) is 13.7 Å². The number of methoxy groups -OCH3 is 2. The lowest BCUT2D eigenvalue weighted by atomic mass is 10.1. The zero-order valence-electron chi connectivity index (χ0n) is 18.8. The maximum absolute atomic E-state index is 12.8. The number of carbonyl (C=O) groups excluding carboxylic acids is 2. The van der Waals surface area contributed by atoms with Crippen molar-refractivity contribution in [2.24, 2.45) is 0 Å². The van der Waals surface area contributed by atoms with E-state index in [9.17, 15) is 9.59 Å². The summed E-state index contributed by atoms with van der Waals surface area (Å²) in [4.78, 5) is 24.6. The number of aromatic nitrogens is 1. The lowest BCUT2D eigenvalue weighted by molar-refractivity contribution is -0.123. The van der Waals surface area contributed by atoms with E-state index in [1.807, 2.05) is 44.3 Å². The first-order chi connectivity index (χ1) is 15.4. The van der Waals surface area contributed by atoms with Gasteiger partial charge >= 0.3 is 0 Å². The molecule has 0 bridgehead atoms. The number of carbonyl (C=O) groups is 2. The number of amides is 2. The second-order valence-electron chi connectivity index (χ2n) is 7.61. The standard InChI is InChI=1S/C24H29N3O5/c1-16(2)25-23(28)15-32-21-8-5-18(14-22(21)31-4)24(29)26-19-6-7-20-17(13-19)9-10-27(20)11-12-30-3/h5-10,13-14,16H,11-12,15H2,1-4H3,(H,25,28)(H,26,29). The summed E-state index contributed by atoms with van der Waals surface area (Å²) < 4.78 is 18.1. The Bertz CT molecular complexity index is 1090. The van der Waals surface area contributed by atoms with Crippen LogP contribution in [0.1, 0.15) is 24.2 Å². The quantitative estimate of drug-likeness (QED) is 0.505. The van der Waals surface area contributed by atoms with Gasteiger partial charge in [-0.1, -0.05) is 0 Å². The normalized spacial score (nSPS) is 10.9. The highest BCUT2D eigenvalue weighted by molar-refractivity contribution is 6.05. The molecule has 0 spiro atoms. The van der Waals surface area contributed by atoms with Gasteiger partial charge in [-0.3, -0.25) is 9.59 Å². The Balaban J connectivity index is 1.68. The Morgan fingerprint density at radius 1 is 1.03 bits per heavy atom. The molecule has 0 atom stereocenters. The predicted octanol–water partition coefficient (Wildman–Crippen LogP) is 3.45. The van der Waals surface area contributed by atoms with E-state index in [1.165, 1.54) is 7.11 Å². The van der Waals surface area contributed by atoms with Crippen LogP contribution in [0, 0.1) is 0 Å². The average molecular weight is 440 g/mol. The van der Waals surface area contributed by atoms with Crippen molar-refractivity contribution in [1.82, 2.24) is 9.88 Å². The smallest absolute Gasteiger partial charge is 0.258 e. The number of anilines is 1. The van der Waals surface area contributed by atoms with Crippen molar-refractivity contribution in [2.75, 3.05) is 32.8 Å². The van der Waals surface area contributed by atoms with E-state index in [-0.39, 0.29) is 24.5 Å². The average Bonchev–Trinajstić information content (AvgIpc) is 3.17. The molecule has 3 aromatic rings. The molecule has 0 saturated heterocycles. The van der Waals surface area contributed by atoms with E-state index in [1.54, 1.807) is 25.3 Å². The molecule has 8 heteroatoms. The highest BCUT2D eigenvalue weighted by atomic mass is 16.5. The monoisotopic (exact) mass is 439 g/mol. The van der Waals surface area contributed by atoms with E-state index in [2.05, 4.69) is 15.2 Å². The molecule has 0 fully saturated rings. The summed E-state index contributed by atoms with van der Waals surface area (Å²) >= 11 is 0. The molecular formula is C24H29N3O5. The maximum atomic E-state index is 12.8. The summed E-state index contributed by atoms with van der Waals surface area (Å²) in [7, 11) is 3.16. The lowest BCUT2D eigenvalue weighted by Gasteiger charge is -2.13. The number of nitrogens with zero attached hydrogens (tertiary/aromatic N) is 1. The summed E-state index contributed by atoms with van der Waals surface area (Å²) in [6.07, 6.45) is 2.00. The molecule has 32 heavy (non-hydrogen) atoms. The zero-order chi connectivity index (χ0) is 23.1. The minimum absolute atomic E-state index is 0.0298. The van der Waals surface area contributed by atoms with Gasteiger partial charge in [0.15, 0.2) is 18.1 Å². The van der Waals surface area contributed by atoms with Crippen molar-refractivity contribution >= 4 is 28.4 Å². The van der Waals surface area contributed by atoms with Crippen LogP contribution in [0.15, 0.2) is 48.7 Å². The molecule has 1 aromatic heterocycles. The molecule has 2 amide bonds. The van der Waals surface area contributed by atoms with Crippen molar-refractivity contribution in [3.63, 3.8) is 0 Å². The molecule has 0 unspecified atom stereocenters. The van der Waals surface area contributed by atoms with E-state index in [0.29, 0.717) is 29.4 Å². The van der Waals surface area contributed by atoms with E-state index in [0.717, 1.165) is 17.4 Å². The molecule has 0 aliphatic rings. The van der Waals surface area contributed by atoms with Gasteiger partial charge in [0, 0.05) is 48.0 Å². The molecule has 0 aliphatic heterocycles. The number of rotatable bonds is 10. The van der Waals surface area contributed by atoms with Crippen LogP contribution >= 0.6 is 0 Å². The number of fused-ring (bicyclic) bond motifs is 1. The highest BCUT2D eigenvalue weighted by Gasteiger charge is 2.14. The second kappa shape index (κ2) is 10.7. The predicted molar refractivity (Wildman–Crippen MR) is 124 cm³/mol. The zero-order valence-corrected chi connectivity index (χ0v) is 18.8. The van der Waals surface area contributed by atoms with Gasteiger partial charge < -0.3 is 29.4 Å². The summed E-state index contributed by atoms with van der Waals surface area (Å²) in [6, 6.07) is 12.6.